The van der Waals surface area contributed by atoms with Crippen LogP contribution in [0.4, 0.5) is 11.5 Å². The fourth-order valence-electron chi connectivity index (χ4n) is 1.05. The van der Waals surface area contributed by atoms with Gasteiger partial charge in [-0.15, -0.1) is 0 Å². The number of hydrogen-bond donors (Lipinski definition) is 3. The Hall–Kier alpha value is -1.34. The molecule has 1 aromatic rings. The highest BCUT2D eigenvalue weighted by Gasteiger charge is 2.06. The predicted octanol–water partition coefficient (Wildman–Crippen LogP) is -0.0667. The fraction of sp³-hybridized carbons (Fsp3) is 0.444. The van der Waals surface area contributed by atoms with E-state index in [1.807, 2.05) is 6.92 Å². The third-order valence-corrected chi connectivity index (χ3v) is 3.50. The average Bonchev–Trinajstić information content (AvgIpc) is 2.23. The van der Waals surface area contributed by atoms with Gasteiger partial charge in [0.05, 0.1) is 5.75 Å². The number of nitrogens with two attached hydrogens (primary N) is 1. The lowest BCUT2D eigenvalue weighted by molar-refractivity contribution is 0.588. The smallest absolute Gasteiger partial charge is 0.213 e. The minimum atomic E-state index is -3.18. The van der Waals surface area contributed by atoms with Gasteiger partial charge in [0.2, 0.25) is 10.0 Å². The van der Waals surface area contributed by atoms with Gasteiger partial charge < -0.3 is 11.1 Å². The molecule has 0 bridgehead atoms. The number of aromatic nitrogens is 1. The van der Waals surface area contributed by atoms with Crippen LogP contribution in [0.5, 0.6) is 0 Å². The van der Waals surface area contributed by atoms with Crippen LogP contribution in [-0.4, -0.2) is 32.7 Å². The van der Waals surface area contributed by atoms with E-state index in [1.165, 1.54) is 7.05 Å². The van der Waals surface area contributed by atoms with Gasteiger partial charge in [0.25, 0.3) is 0 Å². The van der Waals surface area contributed by atoms with Crippen LogP contribution in [0.2, 0.25) is 0 Å². The minimum Gasteiger partial charge on any atom is -0.398 e. The van der Waals surface area contributed by atoms with Crippen molar-refractivity contribution in [3.8, 4) is 0 Å². The summed E-state index contributed by atoms with van der Waals surface area (Å²) in [6.45, 7) is 2.15. The molecule has 0 aromatic carbocycles. The number of pyridine rings is 1. The number of aryl methyl sites for hydroxylation is 1. The molecule has 7 heteroatoms. The van der Waals surface area contributed by atoms with Gasteiger partial charge in [-0.25, -0.2) is 18.1 Å². The van der Waals surface area contributed by atoms with Crippen molar-refractivity contribution in [2.24, 2.45) is 0 Å². The maximum Gasteiger partial charge on any atom is 0.213 e. The van der Waals surface area contributed by atoms with Gasteiger partial charge in [-0.1, -0.05) is 0 Å². The Morgan fingerprint density at radius 2 is 2.19 bits per heavy atom. The van der Waals surface area contributed by atoms with Crippen molar-refractivity contribution in [2.75, 3.05) is 30.4 Å². The lowest BCUT2D eigenvalue weighted by Crippen LogP contribution is -2.26. The first-order valence-corrected chi connectivity index (χ1v) is 6.47. The number of sulfonamides is 1. The van der Waals surface area contributed by atoms with Crippen LogP contribution in [0.3, 0.4) is 0 Å². The van der Waals surface area contributed by atoms with Crippen LogP contribution in [-0.2, 0) is 10.0 Å². The van der Waals surface area contributed by atoms with Gasteiger partial charge in [0.1, 0.15) is 5.82 Å². The zero-order valence-electron chi connectivity index (χ0n) is 9.32. The normalized spacial score (nSPS) is 11.4. The number of hydrogen-bond acceptors (Lipinski definition) is 5. The summed E-state index contributed by atoms with van der Waals surface area (Å²) in [5.74, 6) is 0.577. The minimum absolute atomic E-state index is 0.00103. The molecule has 1 rings (SSSR count). The number of anilines is 2. The van der Waals surface area contributed by atoms with E-state index in [1.54, 1.807) is 12.3 Å². The van der Waals surface area contributed by atoms with Crippen molar-refractivity contribution in [3.63, 3.8) is 0 Å². The lowest BCUT2D eigenvalue weighted by Gasteiger charge is -2.07. The number of nitrogens with zero attached hydrogens (tertiary/aromatic N) is 1. The molecule has 0 fully saturated rings. The fourth-order valence-corrected chi connectivity index (χ4v) is 1.63. The molecule has 0 unspecified atom stereocenters. The highest BCUT2D eigenvalue weighted by Crippen LogP contribution is 2.12. The monoisotopic (exact) mass is 244 g/mol. The summed E-state index contributed by atoms with van der Waals surface area (Å²) in [4.78, 5) is 4.08. The molecular weight excluding hydrogens is 228 g/mol. The predicted molar refractivity (Wildman–Crippen MR) is 64.7 cm³/mol. The number of nitrogen functional groups attached to an aromatic ring is 1. The van der Waals surface area contributed by atoms with Gasteiger partial charge in [0.15, 0.2) is 0 Å². The molecule has 0 saturated carbocycles. The second-order valence-electron chi connectivity index (χ2n) is 3.38. The Kier molecular flexibility index (Phi) is 4.08. The van der Waals surface area contributed by atoms with Crippen LogP contribution in [0.1, 0.15) is 5.56 Å². The molecule has 0 spiro atoms. The molecule has 1 heterocycles. The zero-order chi connectivity index (χ0) is 12.2. The van der Waals surface area contributed by atoms with Crippen LogP contribution in [0, 0.1) is 6.92 Å². The molecule has 4 N–H and O–H groups in total. The Morgan fingerprint density at radius 1 is 1.50 bits per heavy atom. The van der Waals surface area contributed by atoms with E-state index in [9.17, 15) is 8.42 Å². The molecule has 0 amide bonds. The second-order valence-corrected chi connectivity index (χ2v) is 5.42. The van der Waals surface area contributed by atoms with E-state index in [0.717, 1.165) is 5.56 Å². The van der Waals surface area contributed by atoms with Crippen LogP contribution >= 0.6 is 0 Å². The summed E-state index contributed by atoms with van der Waals surface area (Å²) in [6, 6.07) is 1.68. The Balaban J connectivity index is 2.53. The van der Waals surface area contributed by atoms with E-state index >= 15 is 0 Å². The first-order valence-electron chi connectivity index (χ1n) is 4.82. The van der Waals surface area contributed by atoms with E-state index in [-0.39, 0.29) is 5.75 Å². The van der Waals surface area contributed by atoms with Crippen LogP contribution in [0.15, 0.2) is 12.3 Å². The third-order valence-electron chi connectivity index (χ3n) is 2.13. The number of rotatable bonds is 5. The van der Waals surface area contributed by atoms with Gasteiger partial charge in [-0.05, 0) is 19.5 Å². The molecule has 0 atom stereocenters. The van der Waals surface area contributed by atoms with Crippen molar-refractivity contribution < 1.29 is 8.42 Å². The summed E-state index contributed by atoms with van der Waals surface area (Å²) in [5, 5.41) is 2.89. The summed E-state index contributed by atoms with van der Waals surface area (Å²) in [5.41, 5.74) is 7.22. The molecule has 90 valence electrons. The summed E-state index contributed by atoms with van der Waals surface area (Å²) < 4.78 is 24.5. The molecular formula is C9H16N4O2S. The Morgan fingerprint density at radius 3 is 2.75 bits per heavy atom. The second kappa shape index (κ2) is 5.13. The molecule has 0 aliphatic rings. The largest absolute Gasteiger partial charge is 0.398 e. The van der Waals surface area contributed by atoms with E-state index in [4.69, 9.17) is 5.73 Å². The van der Waals surface area contributed by atoms with Crippen molar-refractivity contribution in [3.05, 3.63) is 17.8 Å². The first kappa shape index (κ1) is 12.7. The summed E-state index contributed by atoms with van der Waals surface area (Å²) >= 11 is 0. The van der Waals surface area contributed by atoms with Crippen molar-refractivity contribution in [1.82, 2.24) is 9.71 Å². The van der Waals surface area contributed by atoms with E-state index in [2.05, 4.69) is 15.0 Å². The zero-order valence-corrected chi connectivity index (χ0v) is 10.1. The van der Waals surface area contributed by atoms with Crippen molar-refractivity contribution >= 4 is 21.5 Å². The molecule has 1 aromatic heterocycles. The maximum absolute atomic E-state index is 11.1. The van der Waals surface area contributed by atoms with Crippen molar-refractivity contribution in [2.45, 2.75) is 6.92 Å². The summed E-state index contributed by atoms with van der Waals surface area (Å²) in [7, 11) is -1.79. The third kappa shape index (κ3) is 3.67. The van der Waals surface area contributed by atoms with E-state index < -0.39 is 10.0 Å². The van der Waals surface area contributed by atoms with Gasteiger partial charge in [-0.3, -0.25) is 0 Å². The lowest BCUT2D eigenvalue weighted by atomic mass is 10.2. The van der Waals surface area contributed by atoms with Gasteiger partial charge in [-0.2, -0.15) is 0 Å². The Bertz CT molecular complexity index is 459. The molecule has 0 saturated heterocycles. The molecule has 6 nitrogen and oxygen atoms in total. The number of nitrogens with one attached hydrogen (secondary N) is 2. The highest BCUT2D eigenvalue weighted by atomic mass is 32.2. The quantitative estimate of drug-likeness (QED) is 0.674. The maximum atomic E-state index is 11.1. The Labute approximate surface area is 95.3 Å². The highest BCUT2D eigenvalue weighted by molar-refractivity contribution is 7.89. The topological polar surface area (TPSA) is 97.1 Å². The van der Waals surface area contributed by atoms with E-state index in [0.29, 0.717) is 18.1 Å². The molecule has 16 heavy (non-hydrogen) atoms. The molecule has 0 aliphatic heterocycles. The van der Waals surface area contributed by atoms with Crippen molar-refractivity contribution in [1.29, 1.82) is 0 Å². The summed E-state index contributed by atoms with van der Waals surface area (Å²) in [6.07, 6.45) is 1.64. The first-order chi connectivity index (χ1) is 7.44. The van der Waals surface area contributed by atoms with Crippen LogP contribution in [0.25, 0.3) is 0 Å². The molecule has 0 aliphatic carbocycles. The average molecular weight is 244 g/mol. The SMILES string of the molecule is CNS(=O)(=O)CCNc1cc(N)c(C)cn1. The standard InChI is InChI=1S/C9H16N4O2S/c1-7-6-13-9(5-8(7)10)12-3-4-16(14,15)11-2/h5-6,11H,3-4H2,1-2H3,(H3,10,12,13). The van der Waals surface area contributed by atoms with Crippen LogP contribution < -0.4 is 15.8 Å². The van der Waals surface area contributed by atoms with Gasteiger partial charge >= 0.3 is 0 Å². The van der Waals surface area contributed by atoms with Gasteiger partial charge in [0, 0.05) is 24.5 Å². The molecule has 0 radical (unpaired) electrons.